The van der Waals surface area contributed by atoms with E-state index in [1.807, 2.05) is 11.4 Å². The topological polar surface area (TPSA) is 52.1 Å². The van der Waals surface area contributed by atoms with Crippen molar-refractivity contribution in [1.29, 1.82) is 0 Å². The van der Waals surface area contributed by atoms with Crippen LogP contribution in [0.5, 0.6) is 0 Å². The summed E-state index contributed by atoms with van der Waals surface area (Å²) in [6, 6.07) is 8.88. The fourth-order valence-electron chi connectivity index (χ4n) is 0.828. The maximum absolute atomic E-state index is 10.8. The van der Waals surface area contributed by atoms with Crippen molar-refractivity contribution < 1.29 is 9.53 Å². The van der Waals surface area contributed by atoms with Crippen LogP contribution in [0.25, 0.3) is 0 Å². The lowest BCUT2D eigenvalue weighted by Crippen LogP contribution is -1.99. The average Bonchev–Trinajstić information content (AvgIpc) is 2.88. The molecule has 1 heterocycles. The fraction of sp³-hybridized carbons (Fsp3) is 0.100. The first kappa shape index (κ1) is 11.3. The molecule has 0 N–H and O–H groups in total. The third-order valence-corrected chi connectivity index (χ3v) is 1.91. The molecule has 78 valence electrons. The molecule has 0 amide bonds. The molecule has 4 nitrogen and oxygen atoms in total. The molecule has 0 saturated carbocycles. The largest absolute Gasteiger partial charge is 0.465 e. The minimum absolute atomic E-state index is 0.291. The van der Waals surface area contributed by atoms with Crippen LogP contribution >= 0.6 is 11.5 Å². The maximum atomic E-state index is 10.8. The van der Waals surface area contributed by atoms with Crippen LogP contribution in [0.3, 0.4) is 0 Å². The molecule has 1 aromatic carbocycles. The zero-order valence-corrected chi connectivity index (χ0v) is 8.98. The van der Waals surface area contributed by atoms with Gasteiger partial charge in [-0.3, -0.25) is 0 Å². The van der Waals surface area contributed by atoms with Crippen molar-refractivity contribution in [2.45, 2.75) is 0 Å². The quantitative estimate of drug-likeness (QED) is 0.692. The van der Waals surface area contributed by atoms with Crippen LogP contribution in [-0.4, -0.2) is 22.7 Å². The van der Waals surface area contributed by atoms with Crippen molar-refractivity contribution in [3.63, 3.8) is 0 Å². The van der Waals surface area contributed by atoms with E-state index in [0.717, 1.165) is 0 Å². The lowest BCUT2D eigenvalue weighted by atomic mass is 10.2. The third-order valence-electron chi connectivity index (χ3n) is 1.48. The van der Waals surface area contributed by atoms with E-state index in [4.69, 9.17) is 0 Å². The van der Waals surface area contributed by atoms with Crippen LogP contribution in [0.15, 0.2) is 41.9 Å². The monoisotopic (exact) mass is 222 g/mol. The van der Waals surface area contributed by atoms with Gasteiger partial charge in [0.15, 0.2) is 0 Å². The molecule has 0 unspecified atom stereocenters. The number of ether oxygens (including phenoxy) is 1. The maximum Gasteiger partial charge on any atom is 0.337 e. The summed E-state index contributed by atoms with van der Waals surface area (Å²) in [7, 11) is 1.37. The molecule has 0 atom stereocenters. The second-order valence-electron chi connectivity index (χ2n) is 2.45. The zero-order chi connectivity index (χ0) is 10.9. The van der Waals surface area contributed by atoms with Crippen LogP contribution in [0.4, 0.5) is 0 Å². The highest BCUT2D eigenvalue weighted by Gasteiger charge is 2.00. The molecule has 0 radical (unpaired) electrons. The lowest BCUT2D eigenvalue weighted by Gasteiger charge is -1.95. The summed E-state index contributed by atoms with van der Waals surface area (Å²) in [4.78, 5) is 10.8. The Kier molecular flexibility index (Phi) is 5.03. The van der Waals surface area contributed by atoms with Gasteiger partial charge >= 0.3 is 5.97 Å². The van der Waals surface area contributed by atoms with Crippen molar-refractivity contribution in [2.75, 3.05) is 7.11 Å². The molecule has 0 fully saturated rings. The van der Waals surface area contributed by atoms with Gasteiger partial charge in [-0.15, -0.1) is 5.10 Å². The van der Waals surface area contributed by atoms with E-state index in [1.165, 1.54) is 18.6 Å². The molecule has 0 bridgehead atoms. The number of hydrogen-bond acceptors (Lipinski definition) is 5. The molecule has 5 heteroatoms. The summed E-state index contributed by atoms with van der Waals surface area (Å²) in [5, 5.41) is 5.31. The van der Waals surface area contributed by atoms with Gasteiger partial charge in [0.2, 0.25) is 0 Å². The van der Waals surface area contributed by atoms with Gasteiger partial charge in [-0.05, 0) is 23.7 Å². The number of carbonyl (C=O) groups excluding carboxylic acids is 1. The van der Waals surface area contributed by atoms with Crippen LogP contribution in [0.2, 0.25) is 0 Å². The number of esters is 1. The fourth-order valence-corrected chi connectivity index (χ4v) is 1.10. The Hall–Kier alpha value is -1.75. The predicted molar refractivity (Wildman–Crippen MR) is 57.7 cm³/mol. The number of aromatic nitrogens is 2. The highest BCUT2D eigenvalue weighted by molar-refractivity contribution is 7.03. The Balaban J connectivity index is 0.000000187. The van der Waals surface area contributed by atoms with Crippen molar-refractivity contribution >= 4 is 17.5 Å². The summed E-state index contributed by atoms with van der Waals surface area (Å²) in [5.74, 6) is -0.291. The third kappa shape index (κ3) is 4.33. The summed E-state index contributed by atoms with van der Waals surface area (Å²) >= 11 is 1.35. The van der Waals surface area contributed by atoms with Crippen LogP contribution in [-0.2, 0) is 4.74 Å². The van der Waals surface area contributed by atoms with Crippen molar-refractivity contribution in [3.05, 3.63) is 47.5 Å². The van der Waals surface area contributed by atoms with Gasteiger partial charge in [0.1, 0.15) is 0 Å². The van der Waals surface area contributed by atoms with E-state index >= 15 is 0 Å². The molecule has 15 heavy (non-hydrogen) atoms. The van der Waals surface area contributed by atoms with E-state index in [-0.39, 0.29) is 5.97 Å². The van der Waals surface area contributed by atoms with Crippen molar-refractivity contribution in [1.82, 2.24) is 9.59 Å². The smallest absolute Gasteiger partial charge is 0.337 e. The van der Waals surface area contributed by atoms with E-state index in [2.05, 4.69) is 14.3 Å². The zero-order valence-electron chi connectivity index (χ0n) is 8.16. The van der Waals surface area contributed by atoms with E-state index < -0.39 is 0 Å². The number of carbonyl (C=O) groups is 1. The molecule has 1 aromatic heterocycles. The molecule has 0 aliphatic rings. The molecule has 0 aliphatic carbocycles. The van der Waals surface area contributed by atoms with Gasteiger partial charge in [-0.1, -0.05) is 22.7 Å². The van der Waals surface area contributed by atoms with Gasteiger partial charge in [0.25, 0.3) is 0 Å². The van der Waals surface area contributed by atoms with Gasteiger partial charge in [-0.25, -0.2) is 4.79 Å². The van der Waals surface area contributed by atoms with Crippen molar-refractivity contribution in [2.24, 2.45) is 0 Å². The second kappa shape index (κ2) is 6.67. The van der Waals surface area contributed by atoms with Gasteiger partial charge in [0.05, 0.1) is 18.9 Å². The van der Waals surface area contributed by atoms with E-state index in [9.17, 15) is 4.79 Å². The first-order valence-corrected chi connectivity index (χ1v) is 5.02. The Labute approximate surface area is 91.7 Å². The highest BCUT2D eigenvalue weighted by Crippen LogP contribution is 1.98. The van der Waals surface area contributed by atoms with Crippen LogP contribution < -0.4 is 0 Å². The summed E-state index contributed by atoms with van der Waals surface area (Å²) in [5.41, 5.74) is 0.588. The standard InChI is InChI=1S/C8H8O2.C2H2N2S/c1-10-8(9)7-5-3-2-4-6-7;1-2-5-4-3-1/h2-6H,1H3;1-2H. The highest BCUT2D eigenvalue weighted by atomic mass is 32.1. The number of methoxy groups -OCH3 is 1. The van der Waals surface area contributed by atoms with Crippen LogP contribution in [0, 0.1) is 0 Å². The number of hydrogen-bond donors (Lipinski definition) is 0. The SMILES string of the molecule is COC(=O)c1ccccc1.c1csnn1. The predicted octanol–water partition coefficient (Wildman–Crippen LogP) is 2.01. The minimum Gasteiger partial charge on any atom is -0.465 e. The Morgan fingerprint density at radius 2 is 2.07 bits per heavy atom. The molecule has 0 aliphatic heterocycles. The summed E-state index contributed by atoms with van der Waals surface area (Å²) < 4.78 is 8.01. The van der Waals surface area contributed by atoms with Gasteiger partial charge in [0, 0.05) is 5.38 Å². The van der Waals surface area contributed by atoms with Crippen molar-refractivity contribution in [3.8, 4) is 0 Å². The van der Waals surface area contributed by atoms with Crippen LogP contribution in [0.1, 0.15) is 10.4 Å². The molecule has 0 saturated heterocycles. The molecule has 0 spiro atoms. The normalized spacial score (nSPS) is 8.60. The van der Waals surface area contributed by atoms with Gasteiger partial charge < -0.3 is 4.74 Å². The summed E-state index contributed by atoms with van der Waals surface area (Å²) in [6.07, 6.45) is 1.66. The molecule has 2 rings (SSSR count). The van der Waals surface area contributed by atoms with Gasteiger partial charge in [-0.2, -0.15) is 0 Å². The lowest BCUT2D eigenvalue weighted by molar-refractivity contribution is 0.0601. The Bertz CT molecular complexity index is 358. The second-order valence-corrected chi connectivity index (χ2v) is 3.09. The first-order chi connectivity index (χ1) is 7.34. The number of rotatable bonds is 1. The Morgan fingerprint density at radius 3 is 2.47 bits per heavy atom. The number of benzene rings is 1. The Morgan fingerprint density at radius 1 is 1.33 bits per heavy atom. The first-order valence-electron chi connectivity index (χ1n) is 4.19. The minimum atomic E-state index is -0.291. The van der Waals surface area contributed by atoms with E-state index in [0.29, 0.717) is 5.56 Å². The average molecular weight is 222 g/mol. The molecular formula is C10H10N2O2S. The molecular weight excluding hydrogens is 212 g/mol. The van der Waals surface area contributed by atoms with E-state index in [1.54, 1.807) is 30.5 Å². The number of nitrogens with zero attached hydrogens (tertiary/aromatic N) is 2. The summed E-state index contributed by atoms with van der Waals surface area (Å²) in [6.45, 7) is 0. The molecule has 2 aromatic rings.